The van der Waals surface area contributed by atoms with Crippen molar-refractivity contribution >= 4 is 119 Å². The molecule has 101 heavy (non-hydrogen) atoms. The first-order valence-corrected chi connectivity index (χ1v) is 33.2. The number of rotatable bonds is 21. The van der Waals surface area contributed by atoms with Crippen LogP contribution in [0.15, 0.2) is 394 Å². The van der Waals surface area contributed by atoms with Crippen LogP contribution in [0.1, 0.15) is 0 Å². The van der Waals surface area contributed by atoms with Gasteiger partial charge in [0.1, 0.15) is 23.3 Å². The maximum Gasteiger partial charge on any atom is 0.123 e. The molecule has 15 aromatic carbocycles. The molecule has 0 amide bonds. The van der Waals surface area contributed by atoms with E-state index in [9.17, 15) is 17.6 Å². The van der Waals surface area contributed by atoms with Crippen molar-refractivity contribution in [2.24, 2.45) is 0 Å². The molecule has 0 bridgehead atoms. The van der Waals surface area contributed by atoms with Gasteiger partial charge in [-0.05, 0) is 303 Å². The highest BCUT2D eigenvalue weighted by molar-refractivity contribution is 5.88. The van der Waals surface area contributed by atoms with Gasteiger partial charge in [0.05, 0.1) is 0 Å². The summed E-state index contributed by atoms with van der Waals surface area (Å²) in [6.45, 7) is 0. The number of para-hydroxylation sites is 5. The lowest BCUT2D eigenvalue weighted by molar-refractivity contribution is 0.627. The van der Waals surface area contributed by atoms with Crippen molar-refractivity contribution in [2.45, 2.75) is 0 Å². The SMILES string of the molecule is Fc1ccc(N(c2ccc(F)cc2)c2ccc(N(c3ccccc3)c3ccc(N(c4ccccc4)c4ccc(N(c5ccccc5)c5ccc(N(c6ccccc6)c6ccc(N(c7ccccc7)c7ccc(N(c8ccc(F)cc8)c8ccc(F)cc8)cc7)cc6)cc5)cc4)cc3)cc2)cc1. The zero-order chi connectivity index (χ0) is 68.4. The van der Waals surface area contributed by atoms with Crippen LogP contribution in [0.4, 0.5) is 137 Å². The molecule has 15 aromatic rings. The average Bonchev–Trinajstić information content (AvgIpc) is 0.795. The highest BCUT2D eigenvalue weighted by atomic mass is 19.1. The van der Waals surface area contributed by atoms with E-state index in [1.165, 1.54) is 48.5 Å². The molecular formula is C90H65F4N7. The summed E-state index contributed by atoms with van der Waals surface area (Å²) in [5.74, 6) is -1.36. The highest BCUT2D eigenvalue weighted by Crippen LogP contribution is 2.46. The molecule has 0 aliphatic heterocycles. The van der Waals surface area contributed by atoms with Crippen molar-refractivity contribution in [3.05, 3.63) is 418 Å². The third-order valence-corrected chi connectivity index (χ3v) is 17.6. The second-order valence-corrected chi connectivity index (χ2v) is 24.0. The lowest BCUT2D eigenvalue weighted by Crippen LogP contribution is -2.14. The van der Waals surface area contributed by atoms with Gasteiger partial charge in [-0.2, -0.15) is 0 Å². The van der Waals surface area contributed by atoms with Gasteiger partial charge in [-0.1, -0.05) is 91.0 Å². The van der Waals surface area contributed by atoms with E-state index in [4.69, 9.17) is 0 Å². The lowest BCUT2D eigenvalue weighted by Gasteiger charge is -2.30. The zero-order valence-corrected chi connectivity index (χ0v) is 54.7. The van der Waals surface area contributed by atoms with Crippen LogP contribution in [0.3, 0.4) is 0 Å². The summed E-state index contributed by atoms with van der Waals surface area (Å²) in [6, 6.07) is 128. The summed E-state index contributed by atoms with van der Waals surface area (Å²) in [5, 5.41) is 0. The Kier molecular flexibility index (Phi) is 18.4. The summed E-state index contributed by atoms with van der Waals surface area (Å²) in [6.07, 6.45) is 0. The Balaban J connectivity index is 0.717. The van der Waals surface area contributed by atoms with Crippen LogP contribution in [0.2, 0.25) is 0 Å². The molecule has 0 N–H and O–H groups in total. The molecule has 7 nitrogen and oxygen atoms in total. The van der Waals surface area contributed by atoms with E-state index in [1.54, 1.807) is 48.5 Å². The maximum absolute atomic E-state index is 14.2. The van der Waals surface area contributed by atoms with E-state index in [1.807, 2.05) is 88.7 Å². The molecule has 0 radical (unpaired) electrons. The smallest absolute Gasteiger partial charge is 0.123 e. The second-order valence-electron chi connectivity index (χ2n) is 24.0. The van der Waals surface area contributed by atoms with Crippen LogP contribution >= 0.6 is 0 Å². The first-order valence-electron chi connectivity index (χ1n) is 33.2. The highest BCUT2D eigenvalue weighted by Gasteiger charge is 2.23. The van der Waals surface area contributed by atoms with Crippen LogP contribution in [-0.2, 0) is 0 Å². The average molecular weight is 1320 g/mol. The zero-order valence-electron chi connectivity index (χ0n) is 54.7. The quantitative estimate of drug-likeness (QED) is 0.0661. The standard InChI is InChI=1S/C90H65F4N7/c91-66-26-34-75(35-27-66)100(76-36-28-67(92)29-37-76)89-62-58-87(59-63-89)98(73-22-12-4-13-23-73)85-54-50-83(51-55-85)96(71-18-8-2-9-19-71)81-46-42-79(43-47-81)95(70-16-6-1-7-17-70)80-44-48-82(49-45-80)97(72-20-10-3-11-21-72)84-52-56-86(57-53-84)99(74-24-14-5-15-25-74)88-60-64-90(65-61-88)101(77-38-30-68(93)31-39-77)78-40-32-69(94)33-41-78/h1-65H. The Morgan fingerprint density at radius 2 is 0.178 bits per heavy atom. The monoisotopic (exact) mass is 1320 g/mol. The number of benzene rings is 15. The number of halogens is 4. The predicted molar refractivity (Wildman–Crippen MR) is 409 cm³/mol. The molecule has 0 saturated carbocycles. The third kappa shape index (κ3) is 14.0. The molecule has 0 aromatic heterocycles. The Morgan fingerprint density at radius 1 is 0.0990 bits per heavy atom. The fourth-order valence-corrected chi connectivity index (χ4v) is 12.9. The van der Waals surface area contributed by atoms with Gasteiger partial charge in [0, 0.05) is 119 Å². The second kappa shape index (κ2) is 29.1. The van der Waals surface area contributed by atoms with Crippen molar-refractivity contribution in [2.75, 3.05) is 34.3 Å². The minimum Gasteiger partial charge on any atom is -0.311 e. The molecule has 0 aliphatic carbocycles. The fraction of sp³-hybridized carbons (Fsp3) is 0. The van der Waals surface area contributed by atoms with Gasteiger partial charge < -0.3 is 34.3 Å². The molecule has 0 aliphatic rings. The van der Waals surface area contributed by atoms with Crippen molar-refractivity contribution in [1.29, 1.82) is 0 Å². The van der Waals surface area contributed by atoms with Crippen molar-refractivity contribution < 1.29 is 17.6 Å². The van der Waals surface area contributed by atoms with Gasteiger partial charge in [-0.25, -0.2) is 17.6 Å². The molecule has 0 heterocycles. The van der Waals surface area contributed by atoms with Gasteiger partial charge in [-0.3, -0.25) is 0 Å². The van der Waals surface area contributed by atoms with Crippen LogP contribution in [0.5, 0.6) is 0 Å². The van der Waals surface area contributed by atoms with Gasteiger partial charge in [0.2, 0.25) is 0 Å². The van der Waals surface area contributed by atoms with Crippen LogP contribution in [0.25, 0.3) is 0 Å². The molecule has 11 heteroatoms. The topological polar surface area (TPSA) is 22.7 Å². The normalized spacial score (nSPS) is 11.0. The first-order chi connectivity index (χ1) is 49.7. The Labute approximate surface area is 585 Å². The molecular weight excluding hydrogens is 1260 g/mol. The molecule has 488 valence electrons. The van der Waals surface area contributed by atoms with E-state index < -0.39 is 0 Å². The van der Waals surface area contributed by atoms with Crippen molar-refractivity contribution in [3.8, 4) is 0 Å². The molecule has 0 unspecified atom stereocenters. The van der Waals surface area contributed by atoms with E-state index in [0.717, 1.165) is 119 Å². The van der Waals surface area contributed by atoms with Crippen LogP contribution < -0.4 is 34.3 Å². The van der Waals surface area contributed by atoms with Gasteiger partial charge >= 0.3 is 0 Å². The number of hydrogen-bond acceptors (Lipinski definition) is 7. The summed E-state index contributed by atoms with van der Waals surface area (Å²) in [7, 11) is 0. The lowest BCUT2D eigenvalue weighted by atomic mass is 10.1. The first kappa shape index (κ1) is 63.7. The van der Waals surface area contributed by atoms with Crippen LogP contribution in [-0.4, -0.2) is 0 Å². The van der Waals surface area contributed by atoms with E-state index in [2.05, 4.69) is 243 Å². The third-order valence-electron chi connectivity index (χ3n) is 17.6. The number of anilines is 21. The van der Waals surface area contributed by atoms with Gasteiger partial charge in [-0.15, -0.1) is 0 Å². The molecule has 0 spiro atoms. The maximum atomic E-state index is 14.2. The van der Waals surface area contributed by atoms with E-state index >= 15 is 0 Å². The predicted octanol–water partition coefficient (Wildman–Crippen LogP) is 26.5. The number of nitrogens with zero attached hydrogens (tertiary/aromatic N) is 7. The van der Waals surface area contributed by atoms with E-state index in [-0.39, 0.29) is 23.3 Å². The summed E-state index contributed by atoms with van der Waals surface area (Å²) < 4.78 is 56.8. The van der Waals surface area contributed by atoms with Gasteiger partial charge in [0.15, 0.2) is 0 Å². The Bertz CT molecular complexity index is 4750. The minimum absolute atomic E-state index is 0.340. The largest absolute Gasteiger partial charge is 0.311 e. The van der Waals surface area contributed by atoms with Crippen molar-refractivity contribution in [3.63, 3.8) is 0 Å². The Morgan fingerprint density at radius 3 is 0.277 bits per heavy atom. The minimum atomic E-state index is -0.340. The van der Waals surface area contributed by atoms with Crippen molar-refractivity contribution in [1.82, 2.24) is 0 Å². The van der Waals surface area contributed by atoms with Gasteiger partial charge in [0.25, 0.3) is 0 Å². The number of hydrogen-bond donors (Lipinski definition) is 0. The molecule has 0 atom stereocenters. The summed E-state index contributed by atoms with van der Waals surface area (Å²) in [5.41, 5.74) is 19.1. The summed E-state index contributed by atoms with van der Waals surface area (Å²) >= 11 is 0. The summed E-state index contributed by atoms with van der Waals surface area (Å²) in [4.78, 5) is 15.2. The Hall–Kier alpha value is -13.4. The fourth-order valence-electron chi connectivity index (χ4n) is 12.9. The van der Waals surface area contributed by atoms with E-state index in [0.29, 0.717) is 0 Å². The van der Waals surface area contributed by atoms with Crippen LogP contribution in [0, 0.1) is 23.3 Å². The molecule has 0 saturated heterocycles. The molecule has 15 rings (SSSR count). The molecule has 0 fully saturated rings.